The molecule has 2 heterocycles. The van der Waals surface area contributed by atoms with Gasteiger partial charge in [-0.2, -0.15) is 0 Å². The molecule has 0 aliphatic carbocycles. The molecule has 1 aliphatic heterocycles. The number of carbonyl (C=O) groups excluding carboxylic acids is 1. The number of amides is 1. The molecule has 1 atom stereocenters. The fraction of sp³-hybridized carbons (Fsp3) is 0.692. The highest BCUT2D eigenvalue weighted by atomic mass is 32.1. The fourth-order valence-corrected chi connectivity index (χ4v) is 3.03. The van der Waals surface area contributed by atoms with Crippen LogP contribution in [0.3, 0.4) is 0 Å². The van der Waals surface area contributed by atoms with Gasteiger partial charge in [-0.1, -0.05) is 0 Å². The lowest BCUT2D eigenvalue weighted by molar-refractivity contribution is -0.122. The molecular weight excluding hydrogens is 246 g/mol. The average Bonchev–Trinajstić information content (AvgIpc) is 2.76. The van der Waals surface area contributed by atoms with Crippen molar-refractivity contribution in [1.29, 1.82) is 0 Å². The third kappa shape index (κ3) is 4.38. The molecule has 0 saturated carbocycles. The number of carbonyl (C=O) groups is 1. The van der Waals surface area contributed by atoms with Crippen molar-refractivity contribution in [2.45, 2.75) is 32.6 Å². The number of nitrogens with zero attached hydrogens (tertiary/aromatic N) is 1. The predicted molar refractivity (Wildman–Crippen MR) is 73.8 cm³/mol. The molecule has 100 valence electrons. The normalized spacial score (nSPS) is 19.7. The summed E-state index contributed by atoms with van der Waals surface area (Å²) in [6, 6.07) is 0. The van der Waals surface area contributed by atoms with Crippen molar-refractivity contribution in [2.24, 2.45) is 5.92 Å². The molecule has 1 amide bonds. The lowest BCUT2D eigenvalue weighted by atomic mass is 9.96. The van der Waals surface area contributed by atoms with E-state index in [-0.39, 0.29) is 5.91 Å². The van der Waals surface area contributed by atoms with Crippen LogP contribution >= 0.6 is 11.3 Å². The highest BCUT2D eigenvalue weighted by Crippen LogP contribution is 2.13. The lowest BCUT2D eigenvalue weighted by Crippen LogP contribution is -2.34. The summed E-state index contributed by atoms with van der Waals surface area (Å²) in [4.78, 5) is 16.1. The average molecular weight is 267 g/mol. The van der Waals surface area contributed by atoms with Gasteiger partial charge in [-0.05, 0) is 38.8 Å². The van der Waals surface area contributed by atoms with Gasteiger partial charge in [0.05, 0.1) is 5.01 Å². The van der Waals surface area contributed by atoms with E-state index >= 15 is 0 Å². The van der Waals surface area contributed by atoms with Crippen LogP contribution < -0.4 is 10.6 Å². The molecule has 1 saturated heterocycles. The van der Waals surface area contributed by atoms with Gasteiger partial charge in [0.15, 0.2) is 0 Å². The van der Waals surface area contributed by atoms with Gasteiger partial charge in [0, 0.05) is 30.5 Å². The molecule has 1 aliphatic rings. The van der Waals surface area contributed by atoms with Crippen molar-refractivity contribution in [3.63, 3.8) is 0 Å². The summed E-state index contributed by atoms with van der Waals surface area (Å²) in [6.07, 6.45) is 3.86. The number of thiazole rings is 1. The minimum Gasteiger partial charge on any atom is -0.356 e. The largest absolute Gasteiger partial charge is 0.356 e. The van der Waals surface area contributed by atoms with Crippen LogP contribution in [0.25, 0.3) is 0 Å². The van der Waals surface area contributed by atoms with Gasteiger partial charge < -0.3 is 10.6 Å². The topological polar surface area (TPSA) is 54.0 Å². The van der Waals surface area contributed by atoms with Gasteiger partial charge >= 0.3 is 0 Å². The Hall–Kier alpha value is -0.940. The maximum atomic E-state index is 11.8. The standard InChI is InChI=1S/C13H21N3OS/c1-10-9-18-13(16-10)4-6-15-12(17)7-11-3-2-5-14-8-11/h9,11,14H,2-8H2,1H3,(H,15,17). The SMILES string of the molecule is Cc1csc(CCNC(=O)CC2CCCNC2)n1. The van der Waals surface area contributed by atoms with Crippen LogP contribution in [-0.4, -0.2) is 30.5 Å². The Morgan fingerprint density at radius 3 is 3.22 bits per heavy atom. The second kappa shape index (κ2) is 6.85. The second-order valence-corrected chi connectivity index (χ2v) is 5.84. The Labute approximate surface area is 112 Å². The molecule has 1 aromatic heterocycles. The first-order valence-electron chi connectivity index (χ1n) is 6.62. The monoisotopic (exact) mass is 267 g/mol. The second-order valence-electron chi connectivity index (χ2n) is 4.90. The number of aryl methyl sites for hydroxylation is 1. The van der Waals surface area contributed by atoms with Crippen molar-refractivity contribution in [3.05, 3.63) is 16.1 Å². The zero-order chi connectivity index (χ0) is 12.8. The summed E-state index contributed by atoms with van der Waals surface area (Å²) in [7, 11) is 0. The summed E-state index contributed by atoms with van der Waals surface area (Å²) in [5, 5.41) is 9.47. The summed E-state index contributed by atoms with van der Waals surface area (Å²) in [5.74, 6) is 0.692. The van der Waals surface area contributed by atoms with Gasteiger partial charge in [-0.3, -0.25) is 4.79 Å². The van der Waals surface area contributed by atoms with E-state index < -0.39 is 0 Å². The number of rotatable bonds is 5. The van der Waals surface area contributed by atoms with Crippen molar-refractivity contribution in [3.8, 4) is 0 Å². The first kappa shape index (κ1) is 13.5. The van der Waals surface area contributed by atoms with Crippen molar-refractivity contribution < 1.29 is 4.79 Å². The van der Waals surface area contributed by atoms with E-state index in [2.05, 4.69) is 15.6 Å². The van der Waals surface area contributed by atoms with Crippen molar-refractivity contribution in [1.82, 2.24) is 15.6 Å². The summed E-state index contributed by atoms with van der Waals surface area (Å²) in [6.45, 7) is 4.78. The van der Waals surface area contributed by atoms with Crippen LogP contribution in [0.4, 0.5) is 0 Å². The molecule has 4 nitrogen and oxygen atoms in total. The van der Waals surface area contributed by atoms with E-state index in [4.69, 9.17) is 0 Å². The maximum Gasteiger partial charge on any atom is 0.220 e. The Bertz CT molecular complexity index is 385. The Kier molecular flexibility index (Phi) is 5.13. The van der Waals surface area contributed by atoms with E-state index in [0.29, 0.717) is 18.9 Å². The Morgan fingerprint density at radius 2 is 2.56 bits per heavy atom. The van der Waals surface area contributed by atoms with E-state index in [9.17, 15) is 4.79 Å². The van der Waals surface area contributed by atoms with Crippen LogP contribution in [0, 0.1) is 12.8 Å². The number of hydrogen-bond donors (Lipinski definition) is 2. The van der Waals surface area contributed by atoms with Gasteiger partial charge in [0.1, 0.15) is 0 Å². The Morgan fingerprint density at radius 1 is 1.67 bits per heavy atom. The first-order chi connectivity index (χ1) is 8.74. The molecule has 5 heteroatoms. The quantitative estimate of drug-likeness (QED) is 0.850. The van der Waals surface area contributed by atoms with Crippen LogP contribution in [0.15, 0.2) is 5.38 Å². The minimum absolute atomic E-state index is 0.178. The fourth-order valence-electron chi connectivity index (χ4n) is 2.26. The zero-order valence-electron chi connectivity index (χ0n) is 10.9. The van der Waals surface area contributed by atoms with Crippen LogP contribution in [0.2, 0.25) is 0 Å². The van der Waals surface area contributed by atoms with Gasteiger partial charge in [0.2, 0.25) is 5.91 Å². The molecule has 18 heavy (non-hydrogen) atoms. The number of aromatic nitrogens is 1. The first-order valence-corrected chi connectivity index (χ1v) is 7.50. The summed E-state index contributed by atoms with van der Waals surface area (Å²) >= 11 is 1.66. The van der Waals surface area contributed by atoms with Crippen molar-refractivity contribution in [2.75, 3.05) is 19.6 Å². The molecule has 2 N–H and O–H groups in total. The molecule has 0 aromatic carbocycles. The number of nitrogens with one attached hydrogen (secondary N) is 2. The Balaban J connectivity index is 1.62. The zero-order valence-corrected chi connectivity index (χ0v) is 11.7. The summed E-state index contributed by atoms with van der Waals surface area (Å²) < 4.78 is 0. The van der Waals surface area contributed by atoms with Crippen molar-refractivity contribution >= 4 is 17.2 Å². The smallest absolute Gasteiger partial charge is 0.220 e. The molecule has 1 fully saturated rings. The predicted octanol–water partition coefficient (Wildman–Crippen LogP) is 1.50. The van der Waals surface area contributed by atoms with Gasteiger partial charge in [0.25, 0.3) is 0 Å². The van der Waals surface area contributed by atoms with Crippen LogP contribution in [0.5, 0.6) is 0 Å². The lowest BCUT2D eigenvalue weighted by Gasteiger charge is -2.21. The highest BCUT2D eigenvalue weighted by Gasteiger charge is 2.16. The third-order valence-corrected chi connectivity index (χ3v) is 4.23. The number of piperidine rings is 1. The molecule has 2 rings (SSSR count). The van der Waals surface area contributed by atoms with E-state index in [1.807, 2.05) is 12.3 Å². The van der Waals surface area contributed by atoms with Gasteiger partial charge in [-0.25, -0.2) is 4.98 Å². The molecular formula is C13H21N3OS. The molecule has 0 spiro atoms. The minimum atomic E-state index is 0.178. The third-order valence-electron chi connectivity index (χ3n) is 3.20. The molecule has 1 aromatic rings. The highest BCUT2D eigenvalue weighted by molar-refractivity contribution is 7.09. The summed E-state index contributed by atoms with van der Waals surface area (Å²) in [5.41, 5.74) is 1.06. The number of hydrogen-bond acceptors (Lipinski definition) is 4. The maximum absolute atomic E-state index is 11.8. The van der Waals surface area contributed by atoms with E-state index in [0.717, 1.165) is 30.2 Å². The molecule has 0 radical (unpaired) electrons. The molecule has 1 unspecified atom stereocenters. The van der Waals surface area contributed by atoms with Crippen LogP contribution in [0.1, 0.15) is 30.0 Å². The van der Waals surface area contributed by atoms with Crippen LogP contribution in [-0.2, 0) is 11.2 Å². The van der Waals surface area contributed by atoms with E-state index in [1.165, 1.54) is 12.8 Å². The molecule has 0 bridgehead atoms. The van der Waals surface area contributed by atoms with E-state index in [1.54, 1.807) is 11.3 Å². The van der Waals surface area contributed by atoms with Gasteiger partial charge in [-0.15, -0.1) is 11.3 Å².